The van der Waals surface area contributed by atoms with Crippen LogP contribution in [0.3, 0.4) is 0 Å². The molecule has 0 aromatic carbocycles. The summed E-state index contributed by atoms with van der Waals surface area (Å²) >= 11 is 7.02. The monoisotopic (exact) mass is 278 g/mol. The van der Waals surface area contributed by atoms with Gasteiger partial charge in [0.2, 0.25) is 0 Å². The van der Waals surface area contributed by atoms with E-state index in [2.05, 4.69) is 25.3 Å². The minimum absolute atomic E-state index is 0.310. The van der Waals surface area contributed by atoms with E-state index < -0.39 is 28.9 Å². The highest BCUT2D eigenvalue weighted by Crippen LogP contribution is 2.18. The van der Waals surface area contributed by atoms with E-state index in [0.717, 1.165) is 0 Å². The molecular weight excluding hydrogens is 264 g/mol. The lowest BCUT2D eigenvalue weighted by molar-refractivity contribution is 0.0668. The normalized spacial score (nSPS) is 30.9. The highest BCUT2D eigenvalue weighted by atomic mass is 32.1. The van der Waals surface area contributed by atoms with Crippen molar-refractivity contribution in [1.82, 2.24) is 0 Å². The van der Waals surface area contributed by atoms with Gasteiger partial charge in [0.15, 0.2) is 0 Å². The largest absolute Gasteiger partial charge is 0.450 e. The molecule has 3 atom stereocenters. The van der Waals surface area contributed by atoms with Gasteiger partial charge in [-0.3, -0.25) is 0 Å². The van der Waals surface area contributed by atoms with Crippen LogP contribution >= 0.6 is 25.3 Å². The van der Waals surface area contributed by atoms with Crippen molar-refractivity contribution in [1.29, 1.82) is 0 Å². The van der Waals surface area contributed by atoms with E-state index in [9.17, 15) is 14.7 Å². The number of aliphatic hydroxyl groups excluding tert-OH is 1. The SMILES string of the molecule is O=C(S)OC1/C=C/C(OC(=O)S)CC(O)CC1. The average molecular weight is 278 g/mol. The Kier molecular flexibility index (Phi) is 5.87. The fourth-order valence-corrected chi connectivity index (χ4v) is 1.88. The molecule has 0 heterocycles. The molecular formula is C10H14O5S2. The van der Waals surface area contributed by atoms with E-state index in [0.29, 0.717) is 19.3 Å². The molecule has 0 spiro atoms. The molecule has 3 unspecified atom stereocenters. The van der Waals surface area contributed by atoms with Crippen molar-refractivity contribution < 1.29 is 24.2 Å². The molecule has 0 radical (unpaired) electrons. The van der Waals surface area contributed by atoms with E-state index >= 15 is 0 Å². The first-order chi connectivity index (χ1) is 7.97. The lowest BCUT2D eigenvalue weighted by Gasteiger charge is -2.22. The number of hydrogen-bond donors (Lipinski definition) is 3. The molecule has 0 amide bonds. The second-order valence-electron chi connectivity index (χ2n) is 3.70. The fourth-order valence-electron chi connectivity index (χ4n) is 1.61. The number of aliphatic hydroxyl groups is 1. The van der Waals surface area contributed by atoms with Crippen molar-refractivity contribution in [3.05, 3.63) is 12.2 Å². The van der Waals surface area contributed by atoms with Crippen LogP contribution in [0.15, 0.2) is 12.2 Å². The Morgan fingerprint density at radius 2 is 1.59 bits per heavy atom. The first-order valence-electron chi connectivity index (χ1n) is 5.13. The Morgan fingerprint density at radius 3 is 2.18 bits per heavy atom. The predicted octanol–water partition coefficient (Wildman–Crippen LogP) is 1.96. The number of carbonyl (C=O) groups is 2. The highest BCUT2D eigenvalue weighted by molar-refractivity contribution is 7.96. The number of rotatable bonds is 2. The van der Waals surface area contributed by atoms with Gasteiger partial charge in [0.25, 0.3) is 0 Å². The van der Waals surface area contributed by atoms with E-state index in [1.165, 1.54) is 0 Å². The molecule has 0 saturated heterocycles. The summed E-state index contributed by atoms with van der Waals surface area (Å²) in [6, 6.07) is 0. The van der Waals surface area contributed by atoms with Gasteiger partial charge < -0.3 is 14.6 Å². The Hall–Kier alpha value is -0.660. The van der Waals surface area contributed by atoms with Crippen LogP contribution in [0.4, 0.5) is 9.59 Å². The molecule has 5 nitrogen and oxygen atoms in total. The molecule has 1 aliphatic rings. The van der Waals surface area contributed by atoms with E-state index in [1.807, 2.05) is 0 Å². The maximum atomic E-state index is 10.7. The summed E-state index contributed by atoms with van der Waals surface area (Å²) in [4.78, 5) is 21.4. The Labute approximate surface area is 110 Å². The quantitative estimate of drug-likeness (QED) is 0.409. The van der Waals surface area contributed by atoms with E-state index in [-0.39, 0.29) is 0 Å². The van der Waals surface area contributed by atoms with Crippen LogP contribution in [0.5, 0.6) is 0 Å². The summed E-state index contributed by atoms with van der Waals surface area (Å²) in [6.07, 6.45) is 2.84. The molecule has 0 aromatic rings. The molecule has 1 N–H and O–H groups in total. The third kappa shape index (κ3) is 5.99. The Balaban J connectivity index is 2.65. The second-order valence-corrected chi connectivity index (χ2v) is 4.43. The predicted molar refractivity (Wildman–Crippen MR) is 67.5 cm³/mol. The second kappa shape index (κ2) is 6.93. The maximum absolute atomic E-state index is 10.7. The molecule has 0 fully saturated rings. The van der Waals surface area contributed by atoms with Crippen LogP contribution in [0.25, 0.3) is 0 Å². The molecule has 0 saturated carbocycles. The maximum Gasteiger partial charge on any atom is 0.364 e. The van der Waals surface area contributed by atoms with Gasteiger partial charge in [-0.05, 0) is 25.0 Å². The van der Waals surface area contributed by atoms with Crippen molar-refractivity contribution >= 4 is 35.9 Å². The number of hydrogen-bond acceptors (Lipinski definition) is 5. The van der Waals surface area contributed by atoms with Crippen molar-refractivity contribution in [2.24, 2.45) is 0 Å². The molecule has 0 aliphatic heterocycles. The smallest absolute Gasteiger partial charge is 0.364 e. The van der Waals surface area contributed by atoms with Crippen LogP contribution in [-0.2, 0) is 9.47 Å². The van der Waals surface area contributed by atoms with Gasteiger partial charge in [0, 0.05) is 6.42 Å². The fraction of sp³-hybridized carbons (Fsp3) is 0.600. The van der Waals surface area contributed by atoms with Gasteiger partial charge in [-0.2, -0.15) is 0 Å². The van der Waals surface area contributed by atoms with Gasteiger partial charge in [0.05, 0.1) is 6.10 Å². The van der Waals surface area contributed by atoms with Gasteiger partial charge in [0.1, 0.15) is 12.2 Å². The molecule has 0 aromatic heterocycles. The van der Waals surface area contributed by atoms with Crippen molar-refractivity contribution in [2.75, 3.05) is 0 Å². The summed E-state index contributed by atoms with van der Waals surface area (Å²) in [5, 5.41) is 8.24. The molecule has 1 aliphatic carbocycles. The van der Waals surface area contributed by atoms with Crippen LogP contribution in [0.2, 0.25) is 0 Å². The summed E-state index contributed by atoms with van der Waals surface area (Å²) in [5.74, 6) is 0. The van der Waals surface area contributed by atoms with Crippen LogP contribution in [0.1, 0.15) is 19.3 Å². The summed E-state index contributed by atoms with van der Waals surface area (Å²) in [7, 11) is 0. The Bertz CT molecular complexity index is 318. The number of carbonyl (C=O) groups excluding carboxylic acids is 2. The first-order valence-corrected chi connectivity index (χ1v) is 6.02. The van der Waals surface area contributed by atoms with Crippen molar-refractivity contribution in [2.45, 2.75) is 37.6 Å². The van der Waals surface area contributed by atoms with Crippen LogP contribution in [-0.4, -0.2) is 34.0 Å². The van der Waals surface area contributed by atoms with E-state index in [4.69, 9.17) is 9.47 Å². The standard InChI is InChI=1S/C10H14O5S2/c11-6-1-2-7(14-9(12)16)3-4-8(5-6)15-10(13)17/h3-4,6-8,11H,1-2,5H2,(H,12,16)(H,13,17)/b4-3+. The van der Waals surface area contributed by atoms with Crippen molar-refractivity contribution in [3.8, 4) is 0 Å². The first kappa shape index (κ1) is 14.4. The number of thiol groups is 2. The summed E-state index contributed by atoms with van der Waals surface area (Å²) in [5.41, 5.74) is 0. The van der Waals surface area contributed by atoms with Gasteiger partial charge in [-0.15, -0.1) is 0 Å². The zero-order chi connectivity index (χ0) is 12.8. The minimum Gasteiger partial charge on any atom is -0.450 e. The lowest BCUT2D eigenvalue weighted by atomic mass is 10.00. The van der Waals surface area contributed by atoms with E-state index in [1.54, 1.807) is 12.2 Å². The van der Waals surface area contributed by atoms with Gasteiger partial charge in [-0.1, -0.05) is 25.3 Å². The zero-order valence-corrected chi connectivity index (χ0v) is 10.8. The van der Waals surface area contributed by atoms with Gasteiger partial charge >= 0.3 is 10.6 Å². The topological polar surface area (TPSA) is 72.8 Å². The molecule has 1 rings (SSSR count). The highest BCUT2D eigenvalue weighted by Gasteiger charge is 2.21. The average Bonchev–Trinajstić information content (AvgIpc) is 2.18. The van der Waals surface area contributed by atoms with Crippen molar-refractivity contribution in [3.63, 3.8) is 0 Å². The molecule has 96 valence electrons. The van der Waals surface area contributed by atoms with Crippen LogP contribution < -0.4 is 0 Å². The lowest BCUT2D eigenvalue weighted by Crippen LogP contribution is -2.25. The number of ether oxygens (including phenoxy) is 2. The summed E-state index contributed by atoms with van der Waals surface area (Å²) in [6.45, 7) is 0. The molecule has 0 bridgehead atoms. The summed E-state index contributed by atoms with van der Waals surface area (Å²) < 4.78 is 9.77. The third-order valence-electron chi connectivity index (χ3n) is 2.33. The van der Waals surface area contributed by atoms with Gasteiger partial charge in [-0.25, -0.2) is 9.59 Å². The molecule has 17 heavy (non-hydrogen) atoms. The van der Waals surface area contributed by atoms with Crippen LogP contribution in [0, 0.1) is 0 Å². The Morgan fingerprint density at radius 1 is 1.06 bits per heavy atom. The molecule has 7 heteroatoms. The zero-order valence-electron chi connectivity index (χ0n) is 8.98. The third-order valence-corrected chi connectivity index (χ3v) is 2.54. The minimum atomic E-state index is -0.713.